The van der Waals surface area contributed by atoms with Crippen molar-refractivity contribution in [2.45, 2.75) is 25.0 Å². The lowest BCUT2D eigenvalue weighted by atomic mass is 10.0. The van der Waals surface area contributed by atoms with Crippen molar-refractivity contribution in [3.8, 4) is 0 Å². The number of aliphatic hydroxyl groups is 1. The van der Waals surface area contributed by atoms with Gasteiger partial charge >= 0.3 is 5.97 Å². The first-order valence-corrected chi connectivity index (χ1v) is 4.15. The van der Waals surface area contributed by atoms with E-state index in [4.69, 9.17) is 9.15 Å². The minimum Gasteiger partial charge on any atom is -0.472 e. The van der Waals surface area contributed by atoms with E-state index in [1.807, 2.05) is 0 Å². The summed E-state index contributed by atoms with van der Waals surface area (Å²) >= 11 is 0. The van der Waals surface area contributed by atoms with Crippen LogP contribution in [0.25, 0.3) is 0 Å². The Labute approximate surface area is 75.1 Å². The van der Waals surface area contributed by atoms with Crippen LogP contribution in [0.1, 0.15) is 24.5 Å². The summed E-state index contributed by atoms with van der Waals surface area (Å²) in [6.07, 6.45) is 2.64. The van der Waals surface area contributed by atoms with Crippen LogP contribution in [0, 0.1) is 0 Å². The van der Waals surface area contributed by atoms with Crippen molar-refractivity contribution in [1.82, 2.24) is 0 Å². The largest absolute Gasteiger partial charge is 0.472 e. The highest BCUT2D eigenvalue weighted by molar-refractivity contribution is 5.71. The quantitative estimate of drug-likeness (QED) is 0.658. The number of hydrogen-bond donors (Lipinski definition) is 1. The van der Waals surface area contributed by atoms with Crippen LogP contribution in [0.5, 0.6) is 0 Å². The molecule has 1 fully saturated rings. The van der Waals surface area contributed by atoms with Gasteiger partial charge in [0, 0.05) is 12.0 Å². The number of carbonyl (C=O) groups excluding carboxylic acids is 1. The molecule has 1 N–H and O–H groups in total. The van der Waals surface area contributed by atoms with Crippen LogP contribution < -0.4 is 0 Å². The Morgan fingerprint density at radius 3 is 3.00 bits per heavy atom. The van der Waals surface area contributed by atoms with Crippen LogP contribution >= 0.6 is 0 Å². The first kappa shape index (κ1) is 8.31. The summed E-state index contributed by atoms with van der Waals surface area (Å²) in [7, 11) is 0. The van der Waals surface area contributed by atoms with Gasteiger partial charge in [-0.2, -0.15) is 0 Å². The summed E-state index contributed by atoms with van der Waals surface area (Å²) in [4.78, 5) is 11.0. The van der Waals surface area contributed by atoms with Crippen molar-refractivity contribution in [1.29, 1.82) is 0 Å². The molecule has 1 aliphatic heterocycles. The third kappa shape index (κ3) is 1.72. The third-order valence-corrected chi connectivity index (χ3v) is 2.08. The fourth-order valence-corrected chi connectivity index (χ4v) is 1.44. The highest BCUT2D eigenvalue weighted by atomic mass is 16.5. The molecule has 0 saturated carbocycles. The normalized spacial score (nSPS) is 28.5. The molecule has 70 valence electrons. The summed E-state index contributed by atoms with van der Waals surface area (Å²) in [6, 6.07) is 1.73. The van der Waals surface area contributed by atoms with Gasteiger partial charge in [0.1, 0.15) is 6.10 Å². The molecule has 1 aliphatic rings. The summed E-state index contributed by atoms with van der Waals surface area (Å²) in [5.74, 6) is -0.357. The Bertz CT molecular complexity index is 291. The summed E-state index contributed by atoms with van der Waals surface area (Å²) in [5, 5.41) is 9.32. The van der Waals surface area contributed by atoms with Crippen molar-refractivity contribution in [2.24, 2.45) is 0 Å². The molecule has 1 aromatic heterocycles. The zero-order valence-corrected chi connectivity index (χ0v) is 6.97. The molecular formula is C9H10O4. The van der Waals surface area contributed by atoms with Gasteiger partial charge in [-0.3, -0.25) is 4.79 Å². The average Bonchev–Trinajstić information content (AvgIpc) is 2.53. The Hall–Kier alpha value is -1.29. The molecule has 1 aromatic rings. The molecular weight excluding hydrogens is 172 g/mol. The SMILES string of the molecule is O=C1CC(O)CC(c2ccoc2)O1. The second-order valence-corrected chi connectivity index (χ2v) is 3.13. The number of rotatable bonds is 1. The van der Waals surface area contributed by atoms with Crippen molar-refractivity contribution >= 4 is 5.97 Å². The molecule has 0 spiro atoms. The van der Waals surface area contributed by atoms with Gasteiger partial charge in [0.15, 0.2) is 0 Å². The van der Waals surface area contributed by atoms with E-state index in [0.717, 1.165) is 5.56 Å². The molecule has 2 atom stereocenters. The molecule has 0 amide bonds. The van der Waals surface area contributed by atoms with Crippen molar-refractivity contribution in [3.05, 3.63) is 24.2 Å². The van der Waals surface area contributed by atoms with E-state index < -0.39 is 6.10 Å². The number of esters is 1. The molecule has 0 radical (unpaired) electrons. The maximum atomic E-state index is 11.0. The second kappa shape index (κ2) is 3.22. The lowest BCUT2D eigenvalue weighted by Gasteiger charge is -2.24. The van der Waals surface area contributed by atoms with Crippen LogP contribution in [0.3, 0.4) is 0 Å². The summed E-state index contributed by atoms with van der Waals surface area (Å²) in [5.41, 5.74) is 0.798. The Morgan fingerprint density at radius 1 is 1.54 bits per heavy atom. The van der Waals surface area contributed by atoms with E-state index >= 15 is 0 Å². The monoisotopic (exact) mass is 182 g/mol. The van der Waals surface area contributed by atoms with Crippen LogP contribution in [-0.4, -0.2) is 17.2 Å². The molecule has 0 bridgehead atoms. The molecule has 13 heavy (non-hydrogen) atoms. The fourth-order valence-electron chi connectivity index (χ4n) is 1.44. The first-order chi connectivity index (χ1) is 6.25. The zero-order chi connectivity index (χ0) is 9.26. The number of cyclic esters (lactones) is 1. The Morgan fingerprint density at radius 2 is 2.38 bits per heavy atom. The predicted molar refractivity (Wildman–Crippen MR) is 42.8 cm³/mol. The topological polar surface area (TPSA) is 59.7 Å². The third-order valence-electron chi connectivity index (χ3n) is 2.08. The Balaban J connectivity index is 2.12. The number of carbonyl (C=O) groups is 1. The zero-order valence-electron chi connectivity index (χ0n) is 6.97. The van der Waals surface area contributed by atoms with Crippen LogP contribution in [0.2, 0.25) is 0 Å². The lowest BCUT2D eigenvalue weighted by molar-refractivity contribution is -0.160. The number of ether oxygens (including phenoxy) is 1. The van der Waals surface area contributed by atoms with Crippen molar-refractivity contribution < 1.29 is 19.1 Å². The van der Waals surface area contributed by atoms with E-state index in [2.05, 4.69) is 0 Å². The van der Waals surface area contributed by atoms with E-state index in [1.165, 1.54) is 12.5 Å². The van der Waals surface area contributed by atoms with Gasteiger partial charge in [0.2, 0.25) is 0 Å². The van der Waals surface area contributed by atoms with Crippen LogP contribution in [0.4, 0.5) is 0 Å². The van der Waals surface area contributed by atoms with E-state index in [-0.39, 0.29) is 18.5 Å². The molecule has 2 heterocycles. The molecule has 2 rings (SSSR count). The van der Waals surface area contributed by atoms with Crippen LogP contribution in [0.15, 0.2) is 23.0 Å². The molecule has 0 aromatic carbocycles. The van der Waals surface area contributed by atoms with Crippen LogP contribution in [-0.2, 0) is 9.53 Å². The maximum absolute atomic E-state index is 11.0. The fraction of sp³-hybridized carbons (Fsp3) is 0.444. The molecule has 0 aliphatic carbocycles. The average molecular weight is 182 g/mol. The first-order valence-electron chi connectivity index (χ1n) is 4.15. The van der Waals surface area contributed by atoms with Gasteiger partial charge in [0.25, 0.3) is 0 Å². The highest BCUT2D eigenvalue weighted by Crippen LogP contribution is 2.28. The predicted octanol–water partition coefficient (Wildman–Crippen LogP) is 1.02. The van der Waals surface area contributed by atoms with E-state index in [9.17, 15) is 9.90 Å². The van der Waals surface area contributed by atoms with E-state index in [0.29, 0.717) is 6.42 Å². The smallest absolute Gasteiger partial charge is 0.309 e. The number of aliphatic hydroxyl groups excluding tert-OH is 1. The Kier molecular flexibility index (Phi) is 2.06. The lowest BCUT2D eigenvalue weighted by Crippen LogP contribution is -2.27. The van der Waals surface area contributed by atoms with Gasteiger partial charge in [0.05, 0.1) is 25.1 Å². The van der Waals surface area contributed by atoms with Gasteiger partial charge in [-0.15, -0.1) is 0 Å². The van der Waals surface area contributed by atoms with Crippen molar-refractivity contribution in [3.63, 3.8) is 0 Å². The van der Waals surface area contributed by atoms with E-state index in [1.54, 1.807) is 6.07 Å². The maximum Gasteiger partial charge on any atom is 0.309 e. The van der Waals surface area contributed by atoms with Gasteiger partial charge in [-0.05, 0) is 6.07 Å². The standard InChI is InChI=1S/C9H10O4/c10-7-3-8(13-9(11)4-7)6-1-2-12-5-6/h1-2,5,7-8,10H,3-4H2. The summed E-state index contributed by atoms with van der Waals surface area (Å²) in [6.45, 7) is 0. The minimum atomic E-state index is -0.596. The number of furan rings is 1. The second-order valence-electron chi connectivity index (χ2n) is 3.13. The van der Waals surface area contributed by atoms with Gasteiger partial charge in [-0.1, -0.05) is 0 Å². The van der Waals surface area contributed by atoms with Gasteiger partial charge in [-0.25, -0.2) is 0 Å². The molecule has 1 saturated heterocycles. The van der Waals surface area contributed by atoms with Gasteiger partial charge < -0.3 is 14.3 Å². The highest BCUT2D eigenvalue weighted by Gasteiger charge is 2.28. The molecule has 4 nitrogen and oxygen atoms in total. The van der Waals surface area contributed by atoms with Crippen molar-refractivity contribution in [2.75, 3.05) is 0 Å². The summed E-state index contributed by atoms with van der Waals surface area (Å²) < 4.78 is 9.91. The minimum absolute atomic E-state index is 0.0916. The molecule has 2 unspecified atom stereocenters. The number of hydrogen-bond acceptors (Lipinski definition) is 4. The molecule has 4 heteroatoms.